The molecule has 1 fully saturated rings. The number of nitrogens with two attached hydrogens (primary N) is 2. The van der Waals surface area contributed by atoms with Crippen LogP contribution < -0.4 is 17.2 Å². The van der Waals surface area contributed by atoms with E-state index in [-0.39, 0.29) is 11.4 Å². The van der Waals surface area contributed by atoms with Gasteiger partial charge in [-0.3, -0.25) is 9.36 Å². The van der Waals surface area contributed by atoms with Crippen LogP contribution >= 0.6 is 0 Å². The van der Waals surface area contributed by atoms with Crippen molar-refractivity contribution in [3.8, 4) is 0 Å². The molecule has 4 atom stereocenters. The summed E-state index contributed by atoms with van der Waals surface area (Å²) in [5, 5.41) is 28.4. The molecule has 0 saturated carbocycles. The van der Waals surface area contributed by atoms with Crippen molar-refractivity contribution >= 4 is 11.7 Å². The molecule has 0 radical (unpaired) electrons. The molecule has 10 heteroatoms. The van der Waals surface area contributed by atoms with E-state index in [0.717, 1.165) is 10.8 Å². The summed E-state index contributed by atoms with van der Waals surface area (Å²) in [6.45, 7) is -0.547. The van der Waals surface area contributed by atoms with Gasteiger partial charge in [0.1, 0.15) is 24.1 Å². The van der Waals surface area contributed by atoms with Crippen molar-refractivity contribution in [2.75, 3.05) is 12.3 Å². The van der Waals surface area contributed by atoms with Crippen LogP contribution in [0.5, 0.6) is 0 Å². The zero-order valence-electron chi connectivity index (χ0n) is 10.2. The number of nitrogen functional groups attached to an aromatic ring is 1. The van der Waals surface area contributed by atoms with Gasteiger partial charge in [0.2, 0.25) is 0 Å². The van der Waals surface area contributed by atoms with E-state index < -0.39 is 42.7 Å². The number of hydrogen-bond acceptors (Lipinski definition) is 8. The predicted molar refractivity (Wildman–Crippen MR) is 64.4 cm³/mol. The fourth-order valence-electron chi connectivity index (χ4n) is 1.96. The van der Waals surface area contributed by atoms with Gasteiger partial charge in [-0.1, -0.05) is 0 Å². The molecule has 1 amide bonds. The summed E-state index contributed by atoms with van der Waals surface area (Å²) < 4.78 is 5.95. The molecule has 2 heterocycles. The topological polar surface area (TPSA) is 174 Å². The molecular weight excluding hydrogens is 272 g/mol. The molecule has 0 bridgehead atoms. The third kappa shape index (κ3) is 2.25. The molecule has 2 rings (SSSR count). The largest absolute Gasteiger partial charge is 0.394 e. The molecule has 1 aromatic rings. The monoisotopic (exact) mass is 286 g/mol. The van der Waals surface area contributed by atoms with Crippen LogP contribution in [0.3, 0.4) is 0 Å². The van der Waals surface area contributed by atoms with Crippen molar-refractivity contribution in [3.05, 3.63) is 22.2 Å². The number of aromatic nitrogens is 2. The highest BCUT2D eigenvalue weighted by Crippen LogP contribution is 2.28. The minimum absolute atomic E-state index is 0.220. The Morgan fingerprint density at radius 3 is 2.60 bits per heavy atom. The lowest BCUT2D eigenvalue weighted by molar-refractivity contribution is -0.0550. The van der Waals surface area contributed by atoms with Gasteiger partial charge < -0.3 is 31.5 Å². The summed E-state index contributed by atoms with van der Waals surface area (Å²) in [4.78, 5) is 26.3. The molecule has 7 N–H and O–H groups in total. The second-order valence-corrected chi connectivity index (χ2v) is 4.32. The van der Waals surface area contributed by atoms with Gasteiger partial charge in [-0.15, -0.1) is 0 Å². The molecule has 1 saturated heterocycles. The number of hydrogen-bond donors (Lipinski definition) is 5. The van der Waals surface area contributed by atoms with Crippen LogP contribution in [0.2, 0.25) is 0 Å². The average molecular weight is 286 g/mol. The lowest BCUT2D eigenvalue weighted by atomic mass is 10.1. The van der Waals surface area contributed by atoms with Gasteiger partial charge in [-0.2, -0.15) is 4.98 Å². The Hall–Kier alpha value is -2.01. The van der Waals surface area contributed by atoms with Crippen molar-refractivity contribution in [1.82, 2.24) is 9.55 Å². The summed E-state index contributed by atoms with van der Waals surface area (Å²) in [6, 6.07) is 0. The van der Waals surface area contributed by atoms with Gasteiger partial charge >= 0.3 is 5.69 Å². The summed E-state index contributed by atoms with van der Waals surface area (Å²) >= 11 is 0. The number of amides is 1. The Balaban J connectivity index is 2.46. The molecule has 0 aromatic carbocycles. The second kappa shape index (κ2) is 5.17. The van der Waals surface area contributed by atoms with Crippen molar-refractivity contribution < 1.29 is 24.9 Å². The number of nitrogens with zero attached hydrogens (tertiary/aromatic N) is 2. The summed E-state index contributed by atoms with van der Waals surface area (Å²) in [5.74, 6) is -1.25. The first-order valence-electron chi connectivity index (χ1n) is 5.67. The first-order valence-corrected chi connectivity index (χ1v) is 5.67. The van der Waals surface area contributed by atoms with Crippen molar-refractivity contribution in [2.45, 2.75) is 24.5 Å². The van der Waals surface area contributed by atoms with E-state index in [2.05, 4.69) is 4.98 Å². The number of carbonyl (C=O) groups excluding carboxylic acids is 1. The SMILES string of the molecule is NC(=O)c1cn([C@@H]2O[C@H](CO)[C@@H](O)[C@H]2O)c(=O)nc1N. The van der Waals surface area contributed by atoms with Crippen LogP contribution in [0.15, 0.2) is 11.0 Å². The highest BCUT2D eigenvalue weighted by Gasteiger charge is 2.44. The van der Waals surface area contributed by atoms with Crippen LogP contribution in [-0.4, -0.2) is 55.7 Å². The quantitative estimate of drug-likeness (QED) is 0.381. The molecule has 110 valence electrons. The maximum absolute atomic E-state index is 11.7. The molecule has 1 aliphatic heterocycles. The third-order valence-electron chi connectivity index (χ3n) is 3.04. The van der Waals surface area contributed by atoms with Gasteiger partial charge in [0.25, 0.3) is 5.91 Å². The van der Waals surface area contributed by atoms with Gasteiger partial charge in [-0.25, -0.2) is 4.79 Å². The first kappa shape index (κ1) is 14.4. The standard InChI is InChI=1S/C10H14N4O6/c11-7-3(8(12)18)1-14(10(19)13-7)9-6(17)5(16)4(2-15)20-9/h1,4-6,9,15-17H,2H2,(H2,12,18)(H2,11,13,19)/t4-,5-,6-,9-/m1/s1. The fourth-order valence-corrected chi connectivity index (χ4v) is 1.96. The van der Waals surface area contributed by atoms with Crippen LogP contribution in [0.1, 0.15) is 16.6 Å². The lowest BCUT2D eigenvalue weighted by Crippen LogP contribution is -2.37. The minimum atomic E-state index is -1.48. The van der Waals surface area contributed by atoms with Gasteiger partial charge in [0.15, 0.2) is 6.23 Å². The molecule has 1 aliphatic rings. The van der Waals surface area contributed by atoms with E-state index in [4.69, 9.17) is 21.3 Å². The number of primary amides is 1. The van der Waals surface area contributed by atoms with Crippen LogP contribution in [0.25, 0.3) is 0 Å². The lowest BCUT2D eigenvalue weighted by Gasteiger charge is -2.18. The molecule has 20 heavy (non-hydrogen) atoms. The van der Waals surface area contributed by atoms with E-state index in [1.165, 1.54) is 0 Å². The Bertz CT molecular complexity index is 588. The smallest absolute Gasteiger partial charge is 0.351 e. The van der Waals surface area contributed by atoms with Gasteiger partial charge in [-0.05, 0) is 0 Å². The molecular formula is C10H14N4O6. The number of ether oxygens (including phenoxy) is 1. The minimum Gasteiger partial charge on any atom is -0.394 e. The summed E-state index contributed by atoms with van der Waals surface area (Å²) in [5.41, 5.74) is 9.36. The second-order valence-electron chi connectivity index (χ2n) is 4.32. The highest BCUT2D eigenvalue weighted by atomic mass is 16.6. The molecule has 10 nitrogen and oxygen atoms in total. The van der Waals surface area contributed by atoms with Crippen LogP contribution in [0, 0.1) is 0 Å². The fraction of sp³-hybridized carbons (Fsp3) is 0.500. The van der Waals surface area contributed by atoms with Crippen LogP contribution in [0.4, 0.5) is 5.82 Å². The van der Waals surface area contributed by atoms with E-state index in [1.807, 2.05) is 0 Å². The summed E-state index contributed by atoms with van der Waals surface area (Å²) in [7, 11) is 0. The zero-order valence-corrected chi connectivity index (χ0v) is 10.2. The van der Waals surface area contributed by atoms with Gasteiger partial charge in [0.05, 0.1) is 12.2 Å². The third-order valence-corrected chi connectivity index (χ3v) is 3.04. The van der Waals surface area contributed by atoms with E-state index in [0.29, 0.717) is 0 Å². The van der Waals surface area contributed by atoms with E-state index in [1.54, 1.807) is 0 Å². The van der Waals surface area contributed by atoms with E-state index >= 15 is 0 Å². The van der Waals surface area contributed by atoms with Crippen molar-refractivity contribution in [2.24, 2.45) is 5.73 Å². The number of rotatable bonds is 3. The maximum atomic E-state index is 11.7. The predicted octanol–water partition coefficient (Wildman–Crippen LogP) is -3.46. The average Bonchev–Trinajstić information content (AvgIpc) is 2.66. The number of carbonyl (C=O) groups is 1. The molecule has 1 aromatic heterocycles. The number of anilines is 1. The Morgan fingerprint density at radius 1 is 1.45 bits per heavy atom. The Labute approximate surface area is 112 Å². The van der Waals surface area contributed by atoms with Crippen LogP contribution in [-0.2, 0) is 4.74 Å². The van der Waals surface area contributed by atoms with Crippen molar-refractivity contribution in [1.29, 1.82) is 0 Å². The Morgan fingerprint density at radius 2 is 2.10 bits per heavy atom. The van der Waals surface area contributed by atoms with E-state index in [9.17, 15) is 19.8 Å². The molecule has 0 spiro atoms. The number of aliphatic hydroxyl groups excluding tert-OH is 3. The zero-order chi connectivity index (χ0) is 15.0. The molecule has 0 unspecified atom stereocenters. The van der Waals surface area contributed by atoms with Crippen molar-refractivity contribution in [3.63, 3.8) is 0 Å². The number of aliphatic hydroxyl groups is 3. The first-order chi connectivity index (χ1) is 9.36. The normalized spacial score (nSPS) is 29.6. The maximum Gasteiger partial charge on any atom is 0.351 e. The Kier molecular flexibility index (Phi) is 3.72. The summed E-state index contributed by atoms with van der Waals surface area (Å²) in [6.07, 6.45) is -4.23. The highest BCUT2D eigenvalue weighted by molar-refractivity contribution is 5.96. The molecule has 0 aliphatic carbocycles. The van der Waals surface area contributed by atoms with Gasteiger partial charge in [0, 0.05) is 6.20 Å².